The fourth-order valence-corrected chi connectivity index (χ4v) is 2.27. The molecule has 1 heteroatoms. The van der Waals surface area contributed by atoms with Crippen molar-refractivity contribution >= 4 is 0 Å². The highest BCUT2D eigenvalue weighted by Crippen LogP contribution is 2.36. The van der Waals surface area contributed by atoms with Gasteiger partial charge in [-0.05, 0) is 51.5 Å². The molecule has 2 N–H and O–H groups in total. The Hall–Kier alpha value is -0.820. The van der Waals surface area contributed by atoms with Gasteiger partial charge in [0.05, 0.1) is 0 Å². The molecule has 1 aliphatic carbocycles. The zero-order valence-electron chi connectivity index (χ0n) is 9.84. The first-order valence-corrected chi connectivity index (χ1v) is 5.93. The first-order valence-electron chi connectivity index (χ1n) is 5.93. The highest BCUT2D eigenvalue weighted by Gasteiger charge is 2.36. The molecular formula is C14H21N. The lowest BCUT2D eigenvalue weighted by molar-refractivity contribution is 0.576. The Morgan fingerprint density at radius 1 is 1.13 bits per heavy atom. The Kier molecular flexibility index (Phi) is 2.83. The first-order chi connectivity index (χ1) is 7.07. The molecule has 1 aromatic rings. The minimum Gasteiger partial charge on any atom is -0.325 e. The van der Waals surface area contributed by atoms with Crippen LogP contribution in [0, 0.1) is 13.8 Å². The summed E-state index contributed by atoms with van der Waals surface area (Å²) in [6.07, 6.45) is 6.08. The highest BCUT2D eigenvalue weighted by molar-refractivity contribution is 5.28. The van der Waals surface area contributed by atoms with Crippen LogP contribution in [0.5, 0.6) is 0 Å². The second kappa shape index (κ2) is 3.97. The summed E-state index contributed by atoms with van der Waals surface area (Å²) in [5.41, 5.74) is 10.5. The van der Waals surface area contributed by atoms with Crippen molar-refractivity contribution in [2.75, 3.05) is 0 Å². The van der Waals surface area contributed by atoms with Crippen molar-refractivity contribution in [1.29, 1.82) is 0 Å². The molecule has 0 unspecified atom stereocenters. The van der Waals surface area contributed by atoms with Crippen LogP contribution < -0.4 is 5.73 Å². The van der Waals surface area contributed by atoms with Crippen molar-refractivity contribution in [3.63, 3.8) is 0 Å². The lowest BCUT2D eigenvalue weighted by Gasteiger charge is -2.09. The molecule has 15 heavy (non-hydrogen) atoms. The smallest absolute Gasteiger partial charge is 0.0155 e. The molecule has 82 valence electrons. The summed E-state index contributed by atoms with van der Waals surface area (Å²) in [5.74, 6) is 0. The van der Waals surface area contributed by atoms with Crippen LogP contribution in [0.4, 0.5) is 0 Å². The average molecular weight is 203 g/mol. The molecule has 1 aromatic carbocycles. The van der Waals surface area contributed by atoms with Gasteiger partial charge in [-0.2, -0.15) is 0 Å². The van der Waals surface area contributed by atoms with Gasteiger partial charge in [0.1, 0.15) is 0 Å². The van der Waals surface area contributed by atoms with E-state index in [0.717, 1.165) is 0 Å². The lowest BCUT2D eigenvalue weighted by atomic mass is 10.0. The zero-order valence-corrected chi connectivity index (χ0v) is 9.84. The van der Waals surface area contributed by atoms with E-state index in [0.29, 0.717) is 0 Å². The second-order valence-electron chi connectivity index (χ2n) is 5.21. The molecule has 0 amide bonds. The van der Waals surface area contributed by atoms with Crippen LogP contribution in [0.25, 0.3) is 0 Å². The van der Waals surface area contributed by atoms with E-state index in [4.69, 9.17) is 5.73 Å². The van der Waals surface area contributed by atoms with E-state index in [1.807, 2.05) is 0 Å². The summed E-state index contributed by atoms with van der Waals surface area (Å²) in [6.45, 7) is 4.34. The SMILES string of the molecule is Cc1cc(C)cc(CCCC2(N)CC2)c1. The second-order valence-corrected chi connectivity index (χ2v) is 5.21. The molecular weight excluding hydrogens is 182 g/mol. The third-order valence-corrected chi connectivity index (χ3v) is 3.31. The molecule has 1 nitrogen and oxygen atoms in total. The van der Waals surface area contributed by atoms with Crippen molar-refractivity contribution in [3.05, 3.63) is 34.9 Å². The Morgan fingerprint density at radius 2 is 1.73 bits per heavy atom. The minimum atomic E-state index is 0.221. The molecule has 1 aliphatic rings. The molecule has 1 fully saturated rings. The molecule has 0 bridgehead atoms. The van der Waals surface area contributed by atoms with E-state index in [1.54, 1.807) is 0 Å². The molecule has 0 aromatic heterocycles. The third kappa shape index (κ3) is 3.07. The van der Waals surface area contributed by atoms with E-state index in [2.05, 4.69) is 32.0 Å². The van der Waals surface area contributed by atoms with Gasteiger partial charge >= 0.3 is 0 Å². The van der Waals surface area contributed by atoms with Crippen molar-refractivity contribution in [2.45, 2.75) is 51.5 Å². The summed E-state index contributed by atoms with van der Waals surface area (Å²) in [5, 5.41) is 0. The van der Waals surface area contributed by atoms with Gasteiger partial charge in [-0.25, -0.2) is 0 Å². The van der Waals surface area contributed by atoms with E-state index in [1.165, 1.54) is 48.8 Å². The highest BCUT2D eigenvalue weighted by atomic mass is 14.8. The number of nitrogens with two attached hydrogens (primary N) is 1. The lowest BCUT2D eigenvalue weighted by Crippen LogP contribution is -2.21. The maximum atomic E-state index is 6.07. The number of hydrogen-bond donors (Lipinski definition) is 1. The Morgan fingerprint density at radius 3 is 2.27 bits per heavy atom. The molecule has 2 rings (SSSR count). The van der Waals surface area contributed by atoms with Crippen molar-refractivity contribution in [1.82, 2.24) is 0 Å². The molecule has 0 radical (unpaired) electrons. The van der Waals surface area contributed by atoms with Crippen molar-refractivity contribution < 1.29 is 0 Å². The predicted molar refractivity (Wildman–Crippen MR) is 65.0 cm³/mol. The van der Waals surface area contributed by atoms with Crippen molar-refractivity contribution in [2.24, 2.45) is 5.73 Å². The van der Waals surface area contributed by atoms with Gasteiger partial charge in [-0.15, -0.1) is 0 Å². The molecule has 0 spiro atoms. The first kappa shape index (κ1) is 10.7. The van der Waals surface area contributed by atoms with Crippen LogP contribution in [0.1, 0.15) is 42.4 Å². The van der Waals surface area contributed by atoms with Gasteiger partial charge in [0, 0.05) is 5.54 Å². The fraction of sp³-hybridized carbons (Fsp3) is 0.571. The Balaban J connectivity index is 1.87. The maximum absolute atomic E-state index is 6.07. The number of hydrogen-bond acceptors (Lipinski definition) is 1. The molecule has 1 saturated carbocycles. The fourth-order valence-electron chi connectivity index (χ4n) is 2.27. The van der Waals surface area contributed by atoms with E-state index >= 15 is 0 Å². The van der Waals surface area contributed by atoms with Crippen LogP contribution in [0.3, 0.4) is 0 Å². The topological polar surface area (TPSA) is 26.0 Å². The number of rotatable bonds is 4. The molecule has 0 saturated heterocycles. The van der Waals surface area contributed by atoms with Crippen LogP contribution in [-0.2, 0) is 6.42 Å². The largest absolute Gasteiger partial charge is 0.325 e. The number of benzene rings is 1. The van der Waals surface area contributed by atoms with Gasteiger partial charge < -0.3 is 5.73 Å². The van der Waals surface area contributed by atoms with E-state index in [-0.39, 0.29) is 5.54 Å². The average Bonchev–Trinajstić information content (AvgIpc) is 2.82. The maximum Gasteiger partial charge on any atom is 0.0155 e. The van der Waals surface area contributed by atoms with Crippen LogP contribution >= 0.6 is 0 Å². The van der Waals surface area contributed by atoms with Crippen LogP contribution in [0.2, 0.25) is 0 Å². The molecule has 0 heterocycles. The quantitative estimate of drug-likeness (QED) is 0.799. The Labute approximate surface area is 92.7 Å². The summed E-state index contributed by atoms with van der Waals surface area (Å²) in [4.78, 5) is 0. The predicted octanol–water partition coefficient (Wildman–Crippen LogP) is 3.12. The summed E-state index contributed by atoms with van der Waals surface area (Å²) in [7, 11) is 0. The minimum absolute atomic E-state index is 0.221. The van der Waals surface area contributed by atoms with Gasteiger partial charge in [-0.1, -0.05) is 29.3 Å². The molecule has 0 aliphatic heterocycles. The van der Waals surface area contributed by atoms with Crippen LogP contribution in [0.15, 0.2) is 18.2 Å². The molecule has 0 atom stereocenters. The summed E-state index contributed by atoms with van der Waals surface area (Å²) in [6, 6.07) is 6.82. The van der Waals surface area contributed by atoms with Crippen molar-refractivity contribution in [3.8, 4) is 0 Å². The zero-order chi connectivity index (χ0) is 10.9. The normalized spacial score (nSPS) is 17.8. The Bertz CT molecular complexity index is 330. The monoisotopic (exact) mass is 203 g/mol. The van der Waals surface area contributed by atoms with Gasteiger partial charge in [-0.3, -0.25) is 0 Å². The van der Waals surface area contributed by atoms with Gasteiger partial charge in [0.15, 0.2) is 0 Å². The summed E-state index contributed by atoms with van der Waals surface area (Å²) < 4.78 is 0. The van der Waals surface area contributed by atoms with Gasteiger partial charge in [0.25, 0.3) is 0 Å². The van der Waals surface area contributed by atoms with Gasteiger partial charge in [0.2, 0.25) is 0 Å². The van der Waals surface area contributed by atoms with Crippen LogP contribution in [-0.4, -0.2) is 5.54 Å². The third-order valence-electron chi connectivity index (χ3n) is 3.31. The number of aryl methyl sites for hydroxylation is 3. The van der Waals surface area contributed by atoms with E-state index in [9.17, 15) is 0 Å². The summed E-state index contributed by atoms with van der Waals surface area (Å²) >= 11 is 0. The standard InChI is InChI=1S/C14H21N/c1-11-8-12(2)10-13(9-11)4-3-5-14(15)6-7-14/h8-10H,3-7,15H2,1-2H3. The van der Waals surface area contributed by atoms with E-state index < -0.39 is 0 Å².